The van der Waals surface area contributed by atoms with Gasteiger partial charge in [0, 0.05) is 0 Å². The summed E-state index contributed by atoms with van der Waals surface area (Å²) in [5.74, 6) is -2.85. The average molecular weight is 339 g/mol. The number of nitrogens with zero attached hydrogens (tertiary/aromatic N) is 1. The lowest BCUT2D eigenvalue weighted by atomic mass is 10.1. The van der Waals surface area contributed by atoms with Gasteiger partial charge in [-0.25, -0.2) is 0 Å². The molecule has 1 aliphatic rings. The van der Waals surface area contributed by atoms with E-state index in [1.165, 1.54) is 24.3 Å². The number of aromatic hydroxyl groups is 1. The predicted molar refractivity (Wildman–Crippen MR) is 85.5 cm³/mol. The molecule has 0 aromatic heterocycles. The van der Waals surface area contributed by atoms with E-state index in [1.807, 2.05) is 0 Å². The van der Waals surface area contributed by atoms with E-state index in [0.29, 0.717) is 0 Å². The van der Waals surface area contributed by atoms with E-state index in [4.69, 9.17) is 0 Å². The molecule has 25 heavy (non-hydrogen) atoms. The molecular formula is C17H13N3O5. The maximum atomic E-state index is 12.2. The number of phenols is 1. The highest BCUT2D eigenvalue weighted by Gasteiger charge is 2.36. The van der Waals surface area contributed by atoms with Crippen LogP contribution in [0.4, 0.5) is 0 Å². The zero-order valence-corrected chi connectivity index (χ0v) is 12.9. The quantitative estimate of drug-likeness (QED) is 0.555. The van der Waals surface area contributed by atoms with Gasteiger partial charge in [0.15, 0.2) is 0 Å². The summed E-state index contributed by atoms with van der Waals surface area (Å²) in [6, 6.07) is 12.1. The van der Waals surface area contributed by atoms with Crippen LogP contribution in [0.2, 0.25) is 0 Å². The molecular weight excluding hydrogens is 326 g/mol. The molecule has 1 heterocycles. The largest absolute Gasteiger partial charge is 0.507 e. The van der Waals surface area contributed by atoms with Gasteiger partial charge >= 0.3 is 0 Å². The fourth-order valence-electron chi connectivity index (χ4n) is 2.43. The van der Waals surface area contributed by atoms with Crippen molar-refractivity contribution in [1.29, 1.82) is 0 Å². The normalized spacial score (nSPS) is 12.7. The van der Waals surface area contributed by atoms with Gasteiger partial charge in [0.05, 0.1) is 16.7 Å². The van der Waals surface area contributed by atoms with Crippen LogP contribution in [0.1, 0.15) is 31.1 Å². The summed E-state index contributed by atoms with van der Waals surface area (Å²) in [5.41, 5.74) is 4.67. The first-order chi connectivity index (χ1) is 12.0. The number of carbonyl (C=O) groups excluding carboxylic acids is 4. The van der Waals surface area contributed by atoms with Crippen LogP contribution in [-0.2, 0) is 4.79 Å². The monoisotopic (exact) mass is 339 g/mol. The van der Waals surface area contributed by atoms with Gasteiger partial charge in [0.1, 0.15) is 12.3 Å². The van der Waals surface area contributed by atoms with Gasteiger partial charge < -0.3 is 5.11 Å². The van der Waals surface area contributed by atoms with E-state index < -0.39 is 30.2 Å². The number of amides is 4. The molecule has 0 spiro atoms. The van der Waals surface area contributed by atoms with Crippen molar-refractivity contribution in [1.82, 2.24) is 15.8 Å². The smallest absolute Gasteiger partial charge is 0.273 e. The highest BCUT2D eigenvalue weighted by atomic mass is 16.3. The van der Waals surface area contributed by atoms with Crippen molar-refractivity contribution in [2.24, 2.45) is 0 Å². The molecule has 0 radical (unpaired) electrons. The Kier molecular flexibility index (Phi) is 4.17. The number of fused-ring (bicyclic) bond motifs is 1. The zero-order chi connectivity index (χ0) is 18.0. The first-order valence-electron chi connectivity index (χ1n) is 7.31. The van der Waals surface area contributed by atoms with Crippen molar-refractivity contribution in [3.63, 3.8) is 0 Å². The predicted octanol–water partition coefficient (Wildman–Crippen LogP) is 0.449. The maximum Gasteiger partial charge on any atom is 0.273 e. The SMILES string of the molecule is O=C(CN1C(=O)c2ccccc2C1=O)NNC(=O)c1ccccc1O. The lowest BCUT2D eigenvalue weighted by Crippen LogP contribution is -2.47. The van der Waals surface area contributed by atoms with Crippen LogP contribution >= 0.6 is 0 Å². The van der Waals surface area contributed by atoms with Gasteiger partial charge in [0.2, 0.25) is 0 Å². The van der Waals surface area contributed by atoms with E-state index in [-0.39, 0.29) is 22.4 Å². The molecule has 0 saturated carbocycles. The number of rotatable bonds is 3. The topological polar surface area (TPSA) is 116 Å². The third-order valence-corrected chi connectivity index (χ3v) is 3.64. The molecule has 0 aliphatic carbocycles. The summed E-state index contributed by atoms with van der Waals surface area (Å²) in [6.45, 7) is -0.534. The summed E-state index contributed by atoms with van der Waals surface area (Å²) in [5, 5.41) is 9.57. The first-order valence-corrected chi connectivity index (χ1v) is 7.31. The van der Waals surface area contributed by atoms with Crippen molar-refractivity contribution < 1.29 is 24.3 Å². The molecule has 0 unspecified atom stereocenters. The van der Waals surface area contributed by atoms with Crippen LogP contribution in [0.15, 0.2) is 48.5 Å². The van der Waals surface area contributed by atoms with Gasteiger partial charge in [-0.05, 0) is 24.3 Å². The molecule has 4 amide bonds. The second kappa shape index (κ2) is 6.44. The lowest BCUT2D eigenvalue weighted by Gasteiger charge is -2.14. The van der Waals surface area contributed by atoms with Gasteiger partial charge in [0.25, 0.3) is 23.6 Å². The second-order valence-corrected chi connectivity index (χ2v) is 5.26. The van der Waals surface area contributed by atoms with Gasteiger partial charge in [-0.1, -0.05) is 24.3 Å². The fourth-order valence-corrected chi connectivity index (χ4v) is 2.43. The van der Waals surface area contributed by atoms with Crippen LogP contribution in [0.5, 0.6) is 5.75 Å². The number of hydrogen-bond acceptors (Lipinski definition) is 5. The Bertz CT molecular complexity index is 858. The van der Waals surface area contributed by atoms with Crippen molar-refractivity contribution in [2.45, 2.75) is 0 Å². The Morgan fingerprint density at radius 1 is 0.880 bits per heavy atom. The summed E-state index contributed by atoms with van der Waals surface area (Å²) in [7, 11) is 0. The minimum atomic E-state index is -0.752. The van der Waals surface area contributed by atoms with E-state index >= 15 is 0 Å². The number of hydrazine groups is 1. The minimum Gasteiger partial charge on any atom is -0.507 e. The van der Waals surface area contributed by atoms with Crippen LogP contribution in [0, 0.1) is 0 Å². The molecule has 0 atom stereocenters. The molecule has 3 rings (SSSR count). The maximum absolute atomic E-state index is 12.2. The molecule has 8 heteroatoms. The van der Waals surface area contributed by atoms with Crippen LogP contribution < -0.4 is 10.9 Å². The Hall–Kier alpha value is -3.68. The van der Waals surface area contributed by atoms with Crippen molar-refractivity contribution >= 4 is 23.6 Å². The summed E-state index contributed by atoms with van der Waals surface area (Å²) >= 11 is 0. The third kappa shape index (κ3) is 3.05. The number of carbonyl (C=O) groups is 4. The number of imide groups is 1. The van der Waals surface area contributed by atoms with Gasteiger partial charge in [-0.2, -0.15) is 0 Å². The highest BCUT2D eigenvalue weighted by molar-refractivity contribution is 6.22. The van der Waals surface area contributed by atoms with E-state index in [2.05, 4.69) is 10.9 Å². The van der Waals surface area contributed by atoms with Crippen molar-refractivity contribution in [2.75, 3.05) is 6.54 Å². The molecule has 126 valence electrons. The molecule has 0 fully saturated rings. The molecule has 0 saturated heterocycles. The number of nitrogens with one attached hydrogen (secondary N) is 2. The van der Waals surface area contributed by atoms with Crippen LogP contribution in [-0.4, -0.2) is 40.2 Å². The molecule has 1 aliphatic heterocycles. The lowest BCUT2D eigenvalue weighted by molar-refractivity contribution is -0.122. The standard InChI is InChI=1S/C17H13N3O5/c21-13-8-4-3-7-12(13)15(23)19-18-14(22)9-20-16(24)10-5-1-2-6-11(10)17(20)25/h1-8,21H,9H2,(H,18,22)(H,19,23). The Balaban J connectivity index is 1.61. The first kappa shape index (κ1) is 16.2. The zero-order valence-electron chi connectivity index (χ0n) is 12.9. The van der Waals surface area contributed by atoms with Crippen LogP contribution in [0.25, 0.3) is 0 Å². The van der Waals surface area contributed by atoms with E-state index in [9.17, 15) is 24.3 Å². The van der Waals surface area contributed by atoms with Crippen LogP contribution in [0.3, 0.4) is 0 Å². The number of para-hydroxylation sites is 1. The average Bonchev–Trinajstić information content (AvgIpc) is 2.85. The Morgan fingerprint density at radius 2 is 1.44 bits per heavy atom. The van der Waals surface area contributed by atoms with Gasteiger partial charge in [-0.15, -0.1) is 0 Å². The molecule has 0 bridgehead atoms. The van der Waals surface area contributed by atoms with Crippen molar-refractivity contribution in [3.8, 4) is 5.75 Å². The minimum absolute atomic E-state index is 0.0245. The highest BCUT2D eigenvalue weighted by Crippen LogP contribution is 2.21. The second-order valence-electron chi connectivity index (χ2n) is 5.26. The molecule has 8 nitrogen and oxygen atoms in total. The van der Waals surface area contributed by atoms with E-state index in [0.717, 1.165) is 4.90 Å². The number of benzene rings is 2. The Morgan fingerprint density at radius 3 is 2.04 bits per heavy atom. The number of phenolic OH excluding ortho intramolecular Hbond substituents is 1. The molecule has 2 aromatic carbocycles. The third-order valence-electron chi connectivity index (χ3n) is 3.64. The molecule has 2 aromatic rings. The summed E-state index contributed by atoms with van der Waals surface area (Å²) in [4.78, 5) is 48.9. The Labute approximate surface area is 142 Å². The van der Waals surface area contributed by atoms with Crippen molar-refractivity contribution in [3.05, 3.63) is 65.2 Å². The molecule has 3 N–H and O–H groups in total. The van der Waals surface area contributed by atoms with Gasteiger partial charge in [-0.3, -0.25) is 34.9 Å². The number of hydrogen-bond donors (Lipinski definition) is 3. The van der Waals surface area contributed by atoms with E-state index in [1.54, 1.807) is 24.3 Å². The fraction of sp³-hybridized carbons (Fsp3) is 0.0588. The summed E-state index contributed by atoms with van der Waals surface area (Å²) < 4.78 is 0. The summed E-state index contributed by atoms with van der Waals surface area (Å²) in [6.07, 6.45) is 0.